The van der Waals surface area contributed by atoms with Crippen LogP contribution in [0.5, 0.6) is 0 Å². The number of carbonyl (C=O) groups excluding carboxylic acids is 1. The summed E-state index contributed by atoms with van der Waals surface area (Å²) in [6, 6.07) is 25.9. The molecule has 1 amide bonds. The number of primary sulfonamides is 1. The highest BCUT2D eigenvalue weighted by Crippen LogP contribution is 2.33. The van der Waals surface area contributed by atoms with E-state index in [4.69, 9.17) is 10.1 Å². The molecule has 0 radical (unpaired) electrons. The molecule has 174 valence electrons. The molecule has 0 saturated heterocycles. The summed E-state index contributed by atoms with van der Waals surface area (Å²) in [5, 5.41) is 12.1. The van der Waals surface area contributed by atoms with Crippen LogP contribution in [0.3, 0.4) is 0 Å². The number of anilines is 2. The number of aromatic nitrogens is 1. The zero-order valence-electron chi connectivity index (χ0n) is 18.3. The van der Waals surface area contributed by atoms with Crippen molar-refractivity contribution in [2.24, 2.45) is 5.14 Å². The molecule has 7 nitrogen and oxygen atoms in total. The van der Waals surface area contributed by atoms with Gasteiger partial charge in [0.2, 0.25) is 15.9 Å². The summed E-state index contributed by atoms with van der Waals surface area (Å²) in [7, 11) is -3.71. The summed E-state index contributed by atoms with van der Waals surface area (Å²) in [4.78, 5) is 18.4. The Bertz CT molecular complexity index is 1350. The first kappa shape index (κ1) is 23.6. The number of amides is 1. The number of nitrogens with zero attached hydrogens (tertiary/aromatic N) is 1. The first-order valence-electron chi connectivity index (χ1n) is 10.6. The zero-order chi connectivity index (χ0) is 24.0. The van der Waals surface area contributed by atoms with Crippen molar-refractivity contribution in [2.45, 2.75) is 17.7 Å². The predicted octanol–water partition coefficient (Wildman–Crippen LogP) is 4.10. The van der Waals surface area contributed by atoms with Gasteiger partial charge in [-0.05, 0) is 36.2 Å². The zero-order valence-corrected chi connectivity index (χ0v) is 19.9. The van der Waals surface area contributed by atoms with Crippen LogP contribution in [0.15, 0.2) is 89.8 Å². The summed E-state index contributed by atoms with van der Waals surface area (Å²) in [6.45, 7) is 0.433. The molecule has 0 aliphatic carbocycles. The van der Waals surface area contributed by atoms with E-state index in [0.717, 1.165) is 32.5 Å². The second-order valence-electron chi connectivity index (χ2n) is 7.61. The van der Waals surface area contributed by atoms with Gasteiger partial charge in [0.05, 0.1) is 17.0 Å². The lowest BCUT2D eigenvalue weighted by Crippen LogP contribution is -2.27. The Labute approximate surface area is 202 Å². The number of carbonyl (C=O) groups is 1. The number of thiazole rings is 1. The minimum absolute atomic E-state index is 0.0684. The number of benzene rings is 3. The average molecular weight is 493 g/mol. The van der Waals surface area contributed by atoms with Gasteiger partial charge in [-0.15, -0.1) is 11.3 Å². The Morgan fingerprint density at radius 1 is 0.912 bits per heavy atom. The van der Waals surface area contributed by atoms with Crippen LogP contribution in [0, 0.1) is 0 Å². The maximum Gasteiger partial charge on any atom is 0.238 e. The van der Waals surface area contributed by atoms with Crippen LogP contribution in [0.2, 0.25) is 0 Å². The van der Waals surface area contributed by atoms with Crippen LogP contribution in [0.25, 0.3) is 11.3 Å². The largest absolute Gasteiger partial charge is 0.355 e. The molecule has 0 atom stereocenters. The summed E-state index contributed by atoms with van der Waals surface area (Å²) in [5.41, 5.74) is 3.58. The number of para-hydroxylation sites is 1. The fourth-order valence-corrected chi connectivity index (χ4v) is 4.91. The van der Waals surface area contributed by atoms with E-state index in [1.165, 1.54) is 23.5 Å². The molecule has 0 aliphatic rings. The van der Waals surface area contributed by atoms with Crippen LogP contribution in [-0.4, -0.2) is 25.9 Å². The molecular formula is C25H24N4O3S2. The third kappa shape index (κ3) is 6.28. The molecule has 4 N–H and O–H groups in total. The molecule has 0 bridgehead atoms. The van der Waals surface area contributed by atoms with E-state index in [2.05, 4.69) is 10.6 Å². The first-order valence-corrected chi connectivity index (χ1v) is 13.0. The Kier molecular flexibility index (Phi) is 7.36. The molecule has 0 saturated carbocycles. The van der Waals surface area contributed by atoms with Crippen LogP contribution in [-0.2, 0) is 27.7 Å². The smallest absolute Gasteiger partial charge is 0.238 e. The normalized spacial score (nSPS) is 11.2. The van der Waals surface area contributed by atoms with Crippen molar-refractivity contribution in [1.82, 2.24) is 10.3 Å². The van der Waals surface area contributed by atoms with Gasteiger partial charge in [0, 0.05) is 22.7 Å². The Morgan fingerprint density at radius 3 is 2.21 bits per heavy atom. The quantitative estimate of drug-likeness (QED) is 0.325. The first-order chi connectivity index (χ1) is 16.4. The summed E-state index contributed by atoms with van der Waals surface area (Å²) in [6.07, 6.45) is 0.786. The summed E-state index contributed by atoms with van der Waals surface area (Å²) < 4.78 is 22.7. The minimum atomic E-state index is -3.71. The number of rotatable bonds is 9. The monoisotopic (exact) mass is 492 g/mol. The van der Waals surface area contributed by atoms with Gasteiger partial charge in [-0.25, -0.2) is 18.5 Å². The molecule has 1 aromatic heterocycles. The molecular weight excluding hydrogens is 468 g/mol. The van der Waals surface area contributed by atoms with E-state index < -0.39 is 10.0 Å². The van der Waals surface area contributed by atoms with Crippen molar-refractivity contribution in [3.05, 3.63) is 95.4 Å². The average Bonchev–Trinajstić information content (AvgIpc) is 3.22. The van der Waals surface area contributed by atoms with Crippen LogP contribution < -0.4 is 15.8 Å². The van der Waals surface area contributed by atoms with Gasteiger partial charge < -0.3 is 10.6 Å². The lowest BCUT2D eigenvalue weighted by atomic mass is 10.1. The van der Waals surface area contributed by atoms with E-state index in [1.54, 1.807) is 12.1 Å². The number of hydrogen-bond acceptors (Lipinski definition) is 6. The van der Waals surface area contributed by atoms with Gasteiger partial charge in [0.25, 0.3) is 0 Å². The maximum absolute atomic E-state index is 12.7. The van der Waals surface area contributed by atoms with Gasteiger partial charge in [-0.2, -0.15) is 0 Å². The SMILES string of the molecule is NS(=O)(=O)c1ccc(CCNC(=O)Cc2sc(Nc3ccccc3)nc2-c2ccccc2)cc1. The van der Waals surface area contributed by atoms with E-state index >= 15 is 0 Å². The minimum Gasteiger partial charge on any atom is -0.355 e. The second kappa shape index (κ2) is 10.6. The number of nitrogens with one attached hydrogen (secondary N) is 2. The maximum atomic E-state index is 12.7. The van der Waals surface area contributed by atoms with Crippen molar-refractivity contribution >= 4 is 38.1 Å². The van der Waals surface area contributed by atoms with Gasteiger partial charge in [0.1, 0.15) is 0 Å². The highest BCUT2D eigenvalue weighted by molar-refractivity contribution is 7.89. The molecule has 34 heavy (non-hydrogen) atoms. The van der Waals surface area contributed by atoms with Crippen LogP contribution in [0.1, 0.15) is 10.4 Å². The van der Waals surface area contributed by atoms with Gasteiger partial charge >= 0.3 is 0 Å². The summed E-state index contributed by atoms with van der Waals surface area (Å²) >= 11 is 1.46. The highest BCUT2D eigenvalue weighted by Gasteiger charge is 2.16. The molecule has 1 heterocycles. The molecule has 3 aromatic carbocycles. The molecule has 0 unspecified atom stereocenters. The second-order valence-corrected chi connectivity index (χ2v) is 10.3. The van der Waals surface area contributed by atoms with Crippen LogP contribution in [0.4, 0.5) is 10.8 Å². The number of hydrogen-bond donors (Lipinski definition) is 3. The Balaban J connectivity index is 1.42. The van der Waals surface area contributed by atoms with E-state index in [0.29, 0.717) is 13.0 Å². The Hall–Kier alpha value is -3.53. The van der Waals surface area contributed by atoms with Gasteiger partial charge in [-0.3, -0.25) is 4.79 Å². The van der Waals surface area contributed by atoms with E-state index in [9.17, 15) is 13.2 Å². The predicted molar refractivity (Wildman–Crippen MR) is 136 cm³/mol. The van der Waals surface area contributed by atoms with E-state index in [1.807, 2.05) is 60.7 Å². The number of nitrogens with two attached hydrogens (primary N) is 1. The van der Waals surface area contributed by atoms with Crippen molar-refractivity contribution in [3.8, 4) is 11.3 Å². The lowest BCUT2D eigenvalue weighted by molar-refractivity contribution is -0.120. The van der Waals surface area contributed by atoms with Crippen LogP contribution >= 0.6 is 11.3 Å². The van der Waals surface area contributed by atoms with Crippen molar-refractivity contribution < 1.29 is 13.2 Å². The van der Waals surface area contributed by atoms with Crippen molar-refractivity contribution in [2.75, 3.05) is 11.9 Å². The van der Waals surface area contributed by atoms with E-state index in [-0.39, 0.29) is 17.2 Å². The van der Waals surface area contributed by atoms with Gasteiger partial charge in [-0.1, -0.05) is 60.7 Å². The standard InChI is InChI=1S/C25H24N4O3S2/c26-34(31,32)21-13-11-18(12-14-21)15-16-27-23(30)17-22-24(19-7-3-1-4-8-19)29-25(33-22)28-20-9-5-2-6-10-20/h1-14H,15-17H2,(H,27,30)(H,28,29)(H2,26,31,32). The molecule has 0 aliphatic heterocycles. The fourth-order valence-electron chi connectivity index (χ4n) is 3.39. The molecule has 4 rings (SSSR count). The topological polar surface area (TPSA) is 114 Å². The lowest BCUT2D eigenvalue weighted by Gasteiger charge is -2.06. The molecule has 4 aromatic rings. The highest BCUT2D eigenvalue weighted by atomic mass is 32.2. The molecule has 9 heteroatoms. The molecule has 0 spiro atoms. The fraction of sp³-hybridized carbons (Fsp3) is 0.120. The summed E-state index contributed by atoms with van der Waals surface area (Å²) in [5.74, 6) is -0.103. The van der Waals surface area contributed by atoms with Crippen molar-refractivity contribution in [3.63, 3.8) is 0 Å². The van der Waals surface area contributed by atoms with Gasteiger partial charge in [0.15, 0.2) is 5.13 Å². The third-order valence-corrected chi connectivity index (χ3v) is 6.98. The third-order valence-electron chi connectivity index (χ3n) is 5.08. The van der Waals surface area contributed by atoms with Crippen molar-refractivity contribution in [1.29, 1.82) is 0 Å². The number of sulfonamides is 1. The Morgan fingerprint density at radius 2 is 1.56 bits per heavy atom. The molecule has 0 fully saturated rings.